The number of rotatable bonds is 7. The maximum atomic E-state index is 8.74. The van der Waals surface area contributed by atoms with Gasteiger partial charge in [-0.25, -0.2) is 0 Å². The zero-order chi connectivity index (χ0) is 29.9. The monoisotopic (exact) mass is 613 g/mol. The van der Waals surface area contributed by atoms with Gasteiger partial charge >= 0.3 is 10.4 Å². The molecule has 0 bridgehead atoms. The summed E-state index contributed by atoms with van der Waals surface area (Å²) in [6.07, 6.45) is 2.25. The molecule has 10 nitrogen and oxygen atoms in total. The van der Waals surface area contributed by atoms with Gasteiger partial charge in [0, 0.05) is 48.5 Å². The number of hydrogen-bond acceptors (Lipinski definition) is 6. The number of ether oxygens (including phenoxy) is 3. The first-order valence-corrected chi connectivity index (χ1v) is 15.1. The average Bonchev–Trinajstić information content (AvgIpc) is 3.51. The number of methoxy groups -OCH3 is 2. The maximum absolute atomic E-state index is 8.74. The van der Waals surface area contributed by atoms with Crippen molar-refractivity contribution >= 4 is 38.7 Å². The second-order valence-corrected chi connectivity index (χ2v) is 11.1. The number of aromatic nitrogens is 2. The standard InChI is InChI=1S/C30H30ClN3O3.H2O4S/c1-35-27-12-9-22(19-28(27)36-2)29-24(21-7-10-23(31)11-8-21)20-34-26-6-4-3-5-25(26)33(30(29)34)14-13-32-15-17-37-18-16-32;1-5(2,3)4/h3-12,19-20H,13-18H2,1-2H3;(H2,1,2,3,4). The maximum Gasteiger partial charge on any atom is 0.394 e. The third-order valence-corrected chi connectivity index (χ3v) is 7.49. The van der Waals surface area contributed by atoms with Crippen LogP contribution in [0.5, 0.6) is 11.5 Å². The lowest BCUT2D eigenvalue weighted by Gasteiger charge is -2.26. The van der Waals surface area contributed by atoms with Gasteiger partial charge < -0.3 is 18.8 Å². The lowest BCUT2D eigenvalue weighted by molar-refractivity contribution is 0.0366. The SMILES string of the molecule is COc1ccc(-c2c(-c3ccc(Cl)cc3)cn3c4ccccc4n(CCN4CCOCC4)c23)cc1OC.O=S(=O)(O)O. The molecule has 0 spiro atoms. The Bertz CT molecular complexity index is 1790. The second-order valence-electron chi connectivity index (χ2n) is 9.73. The van der Waals surface area contributed by atoms with Gasteiger partial charge in [0.05, 0.1) is 38.5 Å². The van der Waals surface area contributed by atoms with Crippen LogP contribution in [0, 0.1) is 0 Å². The Kier molecular flexibility index (Phi) is 9.07. The van der Waals surface area contributed by atoms with E-state index in [-0.39, 0.29) is 0 Å². The quantitative estimate of drug-likeness (QED) is 0.229. The van der Waals surface area contributed by atoms with Crippen molar-refractivity contribution in [3.63, 3.8) is 0 Å². The van der Waals surface area contributed by atoms with Crippen LogP contribution in [0.15, 0.2) is 72.9 Å². The average molecular weight is 614 g/mol. The number of halogens is 1. The summed E-state index contributed by atoms with van der Waals surface area (Å²) in [4.78, 5) is 2.48. The summed E-state index contributed by atoms with van der Waals surface area (Å²) >= 11 is 6.25. The Labute approximate surface area is 249 Å². The normalized spacial score (nSPS) is 14.1. The van der Waals surface area contributed by atoms with Crippen LogP contribution in [0.3, 0.4) is 0 Å². The predicted molar refractivity (Wildman–Crippen MR) is 163 cm³/mol. The first-order valence-electron chi connectivity index (χ1n) is 13.3. The van der Waals surface area contributed by atoms with Gasteiger partial charge in [-0.1, -0.05) is 41.9 Å². The molecule has 1 aliphatic heterocycles. The van der Waals surface area contributed by atoms with Crippen molar-refractivity contribution in [2.24, 2.45) is 0 Å². The molecule has 3 aromatic carbocycles. The highest BCUT2D eigenvalue weighted by Crippen LogP contribution is 2.42. The molecular weight excluding hydrogens is 582 g/mol. The van der Waals surface area contributed by atoms with E-state index in [4.69, 9.17) is 43.3 Å². The topological polar surface area (TPSA) is 115 Å². The van der Waals surface area contributed by atoms with Gasteiger partial charge in [0.1, 0.15) is 5.65 Å². The zero-order valence-electron chi connectivity index (χ0n) is 23.2. The van der Waals surface area contributed by atoms with Crippen molar-refractivity contribution in [1.82, 2.24) is 13.9 Å². The Balaban J connectivity index is 0.000000652. The van der Waals surface area contributed by atoms with Crippen molar-refractivity contribution in [2.45, 2.75) is 6.54 Å². The van der Waals surface area contributed by atoms with Crippen LogP contribution in [0.25, 0.3) is 38.9 Å². The van der Waals surface area contributed by atoms with Crippen LogP contribution in [0.4, 0.5) is 0 Å². The molecule has 2 N–H and O–H groups in total. The predicted octanol–water partition coefficient (Wildman–Crippen LogP) is 5.58. The van der Waals surface area contributed by atoms with Crippen LogP contribution in [-0.4, -0.2) is 78.5 Å². The van der Waals surface area contributed by atoms with E-state index < -0.39 is 10.4 Å². The molecular formula is C30H32ClN3O7S. The van der Waals surface area contributed by atoms with E-state index in [1.54, 1.807) is 14.2 Å². The minimum atomic E-state index is -4.67. The summed E-state index contributed by atoms with van der Waals surface area (Å²) < 4.78 is 53.2. The Morgan fingerprint density at radius 2 is 1.48 bits per heavy atom. The van der Waals surface area contributed by atoms with Crippen molar-refractivity contribution < 1.29 is 31.7 Å². The van der Waals surface area contributed by atoms with Crippen molar-refractivity contribution in [2.75, 3.05) is 47.1 Å². The van der Waals surface area contributed by atoms with E-state index in [2.05, 4.69) is 68.6 Å². The number of hydrogen-bond donors (Lipinski definition) is 2. The van der Waals surface area contributed by atoms with Gasteiger partial charge in [0.15, 0.2) is 11.5 Å². The van der Waals surface area contributed by atoms with E-state index in [1.807, 2.05) is 18.2 Å². The number of nitrogens with zero attached hydrogens (tertiary/aromatic N) is 3. The van der Waals surface area contributed by atoms with Crippen molar-refractivity contribution in [3.05, 3.63) is 77.9 Å². The number of benzene rings is 3. The van der Waals surface area contributed by atoms with E-state index in [1.165, 1.54) is 11.0 Å². The van der Waals surface area contributed by atoms with Crippen LogP contribution in [0.1, 0.15) is 0 Å². The largest absolute Gasteiger partial charge is 0.493 e. The van der Waals surface area contributed by atoms with E-state index in [0.717, 1.165) is 72.3 Å². The van der Waals surface area contributed by atoms with Gasteiger partial charge in [0.2, 0.25) is 0 Å². The van der Waals surface area contributed by atoms with Gasteiger partial charge in [-0.3, -0.25) is 18.4 Å². The van der Waals surface area contributed by atoms with Crippen LogP contribution >= 0.6 is 11.6 Å². The fourth-order valence-electron chi connectivity index (χ4n) is 5.37. The first-order chi connectivity index (χ1) is 20.2. The summed E-state index contributed by atoms with van der Waals surface area (Å²) in [5.41, 5.74) is 8.04. The van der Waals surface area contributed by atoms with E-state index >= 15 is 0 Å². The van der Waals surface area contributed by atoms with E-state index in [0.29, 0.717) is 11.5 Å². The third-order valence-electron chi connectivity index (χ3n) is 7.24. The molecule has 2 aromatic heterocycles. The van der Waals surface area contributed by atoms with Gasteiger partial charge in [0.25, 0.3) is 0 Å². The second kappa shape index (κ2) is 12.7. The smallest absolute Gasteiger partial charge is 0.394 e. The van der Waals surface area contributed by atoms with Crippen LogP contribution in [0.2, 0.25) is 5.02 Å². The molecule has 222 valence electrons. The minimum Gasteiger partial charge on any atom is -0.493 e. The third kappa shape index (κ3) is 6.57. The Hall–Kier alpha value is -3.58. The highest BCUT2D eigenvalue weighted by molar-refractivity contribution is 7.79. The molecule has 1 saturated heterocycles. The molecule has 0 unspecified atom stereocenters. The molecule has 0 amide bonds. The molecule has 1 aliphatic rings. The van der Waals surface area contributed by atoms with Crippen molar-refractivity contribution in [3.8, 4) is 33.8 Å². The minimum absolute atomic E-state index is 0.706. The molecule has 0 aliphatic carbocycles. The summed E-state index contributed by atoms with van der Waals surface area (Å²) in [6.45, 7) is 5.37. The van der Waals surface area contributed by atoms with Crippen LogP contribution < -0.4 is 9.47 Å². The Morgan fingerprint density at radius 3 is 2.12 bits per heavy atom. The summed E-state index contributed by atoms with van der Waals surface area (Å²) in [5.74, 6) is 1.42. The highest BCUT2D eigenvalue weighted by Gasteiger charge is 2.23. The molecule has 0 atom stereocenters. The summed E-state index contributed by atoms with van der Waals surface area (Å²) in [5, 5.41) is 0.723. The fraction of sp³-hybridized carbons (Fsp3) is 0.267. The number of morpholine rings is 1. The molecule has 0 saturated carbocycles. The molecule has 1 fully saturated rings. The zero-order valence-corrected chi connectivity index (χ0v) is 24.8. The molecule has 0 radical (unpaired) electrons. The summed E-state index contributed by atoms with van der Waals surface area (Å²) in [6, 6.07) is 22.8. The molecule has 3 heterocycles. The molecule has 42 heavy (non-hydrogen) atoms. The number of imidazole rings is 1. The Morgan fingerprint density at radius 1 is 0.857 bits per heavy atom. The number of para-hydroxylation sites is 2. The van der Waals surface area contributed by atoms with Gasteiger partial charge in [-0.15, -0.1) is 0 Å². The lowest BCUT2D eigenvalue weighted by Crippen LogP contribution is -2.38. The van der Waals surface area contributed by atoms with Gasteiger partial charge in [-0.2, -0.15) is 8.42 Å². The fourth-order valence-corrected chi connectivity index (χ4v) is 5.50. The lowest BCUT2D eigenvalue weighted by atomic mass is 9.98. The first kappa shape index (κ1) is 29.9. The molecule has 6 rings (SSSR count). The molecule has 5 aromatic rings. The highest BCUT2D eigenvalue weighted by atomic mass is 35.5. The van der Waals surface area contributed by atoms with E-state index in [9.17, 15) is 0 Å². The number of fused-ring (bicyclic) bond motifs is 3. The van der Waals surface area contributed by atoms with Crippen molar-refractivity contribution in [1.29, 1.82) is 0 Å². The summed E-state index contributed by atoms with van der Waals surface area (Å²) in [7, 11) is -1.33. The van der Waals surface area contributed by atoms with Crippen LogP contribution in [-0.2, 0) is 21.7 Å². The molecule has 12 heteroatoms. The van der Waals surface area contributed by atoms with Gasteiger partial charge in [-0.05, 0) is 47.5 Å².